The van der Waals surface area contributed by atoms with Crippen LogP contribution in [0.2, 0.25) is 0 Å². The van der Waals surface area contributed by atoms with E-state index in [0.29, 0.717) is 6.04 Å². The van der Waals surface area contributed by atoms with Gasteiger partial charge in [-0.3, -0.25) is 0 Å². The van der Waals surface area contributed by atoms with E-state index in [1.165, 1.54) is 25.9 Å². The first-order valence-corrected chi connectivity index (χ1v) is 7.38. The number of rotatable bonds is 3. The van der Waals surface area contributed by atoms with Crippen LogP contribution in [-0.4, -0.2) is 47.6 Å². The van der Waals surface area contributed by atoms with Gasteiger partial charge in [-0.25, -0.2) is 4.98 Å². The molecule has 1 aliphatic heterocycles. The highest BCUT2D eigenvalue weighted by molar-refractivity contribution is 5.80. The molecule has 108 valence electrons. The highest BCUT2D eigenvalue weighted by Gasteiger charge is 2.23. The molecular formula is C15H23N5. The average Bonchev–Trinajstić information content (AvgIpc) is 2.89. The summed E-state index contributed by atoms with van der Waals surface area (Å²) in [7, 11) is 2.13. The predicted octanol–water partition coefficient (Wildman–Crippen LogP) is 2.07. The van der Waals surface area contributed by atoms with Crippen molar-refractivity contribution >= 4 is 22.7 Å². The molecule has 20 heavy (non-hydrogen) atoms. The maximum Gasteiger partial charge on any atom is 0.203 e. The molecule has 1 aromatic carbocycles. The Labute approximate surface area is 119 Å². The van der Waals surface area contributed by atoms with Crippen LogP contribution in [0.1, 0.15) is 19.8 Å². The average molecular weight is 273 g/mol. The molecule has 5 heteroatoms. The molecule has 3 rings (SSSR count). The Morgan fingerprint density at radius 2 is 2.15 bits per heavy atom. The van der Waals surface area contributed by atoms with Crippen LogP contribution in [0.4, 0.5) is 11.6 Å². The molecule has 0 saturated carbocycles. The molecule has 0 radical (unpaired) electrons. The number of hydrogen-bond acceptors (Lipinski definition) is 4. The minimum atomic E-state index is 0.565. The summed E-state index contributed by atoms with van der Waals surface area (Å²) in [6.45, 7) is 5.74. The first-order chi connectivity index (χ1) is 9.67. The summed E-state index contributed by atoms with van der Waals surface area (Å²) >= 11 is 0. The third kappa shape index (κ3) is 2.45. The van der Waals surface area contributed by atoms with Crippen LogP contribution in [-0.2, 0) is 0 Å². The van der Waals surface area contributed by atoms with Crippen LogP contribution in [0.15, 0.2) is 18.2 Å². The summed E-state index contributed by atoms with van der Waals surface area (Å²) in [6.07, 6.45) is 2.40. The summed E-state index contributed by atoms with van der Waals surface area (Å²) < 4.78 is 0. The molecule has 1 aromatic heterocycles. The van der Waals surface area contributed by atoms with E-state index in [-0.39, 0.29) is 0 Å². The molecule has 2 aromatic rings. The fourth-order valence-electron chi connectivity index (χ4n) is 2.98. The Morgan fingerprint density at radius 1 is 1.40 bits per heavy atom. The largest absolute Gasteiger partial charge is 0.399 e. The van der Waals surface area contributed by atoms with Crippen molar-refractivity contribution in [3.8, 4) is 0 Å². The number of aromatic amines is 1. The van der Waals surface area contributed by atoms with E-state index in [2.05, 4.69) is 33.7 Å². The molecule has 0 aliphatic carbocycles. The minimum absolute atomic E-state index is 0.565. The molecular weight excluding hydrogens is 250 g/mol. The van der Waals surface area contributed by atoms with E-state index in [4.69, 9.17) is 5.73 Å². The van der Waals surface area contributed by atoms with Gasteiger partial charge in [0.15, 0.2) is 0 Å². The van der Waals surface area contributed by atoms with E-state index < -0.39 is 0 Å². The van der Waals surface area contributed by atoms with Gasteiger partial charge < -0.3 is 20.5 Å². The number of imidazole rings is 1. The van der Waals surface area contributed by atoms with E-state index in [1.807, 2.05) is 18.2 Å². The fourth-order valence-corrected chi connectivity index (χ4v) is 2.98. The van der Waals surface area contributed by atoms with Gasteiger partial charge in [0.25, 0.3) is 0 Å². The number of hydrogen-bond donors (Lipinski definition) is 2. The molecule has 0 amide bonds. The molecule has 1 fully saturated rings. The SMILES string of the molecule is CCN1CCC(N(C)c2nc3ccc(N)cc3[nH]2)CC1. The smallest absolute Gasteiger partial charge is 0.203 e. The quantitative estimate of drug-likeness (QED) is 0.840. The summed E-state index contributed by atoms with van der Waals surface area (Å²) in [5.41, 5.74) is 8.58. The second-order valence-corrected chi connectivity index (χ2v) is 5.61. The molecule has 0 bridgehead atoms. The van der Waals surface area contributed by atoms with E-state index in [1.54, 1.807) is 0 Å². The van der Waals surface area contributed by atoms with Crippen LogP contribution in [0.3, 0.4) is 0 Å². The summed E-state index contributed by atoms with van der Waals surface area (Å²) in [5, 5.41) is 0. The van der Waals surface area contributed by atoms with Crippen molar-refractivity contribution in [2.75, 3.05) is 37.3 Å². The number of fused-ring (bicyclic) bond motifs is 1. The Balaban J connectivity index is 1.77. The van der Waals surface area contributed by atoms with Gasteiger partial charge in [0.1, 0.15) is 0 Å². The van der Waals surface area contributed by atoms with Crippen molar-refractivity contribution in [1.29, 1.82) is 0 Å². The first-order valence-electron chi connectivity index (χ1n) is 7.38. The van der Waals surface area contributed by atoms with Crippen molar-refractivity contribution in [3.05, 3.63) is 18.2 Å². The number of anilines is 2. The molecule has 0 atom stereocenters. The molecule has 3 N–H and O–H groups in total. The molecule has 5 nitrogen and oxygen atoms in total. The number of nitrogen functional groups attached to an aromatic ring is 1. The van der Waals surface area contributed by atoms with Gasteiger partial charge >= 0.3 is 0 Å². The third-order valence-electron chi connectivity index (χ3n) is 4.38. The molecule has 0 spiro atoms. The van der Waals surface area contributed by atoms with Gasteiger partial charge in [-0.1, -0.05) is 6.92 Å². The Hall–Kier alpha value is -1.75. The normalized spacial score (nSPS) is 17.7. The minimum Gasteiger partial charge on any atom is -0.399 e. The standard InChI is InChI=1S/C15H23N5/c1-3-20-8-6-12(7-9-20)19(2)15-17-13-5-4-11(16)10-14(13)18-15/h4-5,10,12H,3,6-9,16H2,1-2H3,(H,17,18). The van der Waals surface area contributed by atoms with Gasteiger partial charge in [-0.2, -0.15) is 0 Å². The number of benzene rings is 1. The van der Waals surface area contributed by atoms with Gasteiger partial charge in [0.2, 0.25) is 5.95 Å². The summed E-state index contributed by atoms with van der Waals surface area (Å²) in [5.74, 6) is 0.945. The molecule has 1 saturated heterocycles. The van der Waals surface area contributed by atoms with Crippen LogP contribution in [0.25, 0.3) is 11.0 Å². The number of likely N-dealkylation sites (tertiary alicyclic amines) is 1. The second-order valence-electron chi connectivity index (χ2n) is 5.61. The highest BCUT2D eigenvalue weighted by Crippen LogP contribution is 2.23. The number of aromatic nitrogens is 2. The van der Waals surface area contributed by atoms with Gasteiger partial charge in [-0.15, -0.1) is 0 Å². The van der Waals surface area contributed by atoms with Crippen molar-refractivity contribution < 1.29 is 0 Å². The van der Waals surface area contributed by atoms with Crippen LogP contribution >= 0.6 is 0 Å². The Bertz CT molecular complexity index is 583. The third-order valence-corrected chi connectivity index (χ3v) is 4.38. The maximum absolute atomic E-state index is 5.82. The number of piperidine rings is 1. The Morgan fingerprint density at radius 3 is 2.85 bits per heavy atom. The highest BCUT2D eigenvalue weighted by atomic mass is 15.3. The number of nitrogens with zero attached hydrogens (tertiary/aromatic N) is 3. The molecule has 1 aliphatic rings. The van der Waals surface area contributed by atoms with Crippen molar-refractivity contribution in [3.63, 3.8) is 0 Å². The van der Waals surface area contributed by atoms with Crippen molar-refractivity contribution in [2.45, 2.75) is 25.8 Å². The lowest BCUT2D eigenvalue weighted by Crippen LogP contribution is -2.43. The second kappa shape index (κ2) is 5.32. The lowest BCUT2D eigenvalue weighted by molar-refractivity contribution is 0.220. The van der Waals surface area contributed by atoms with E-state index in [0.717, 1.165) is 29.2 Å². The van der Waals surface area contributed by atoms with Crippen LogP contribution in [0, 0.1) is 0 Å². The first kappa shape index (κ1) is 13.2. The lowest BCUT2D eigenvalue weighted by Gasteiger charge is -2.36. The van der Waals surface area contributed by atoms with E-state index in [9.17, 15) is 0 Å². The topological polar surface area (TPSA) is 61.2 Å². The van der Waals surface area contributed by atoms with E-state index >= 15 is 0 Å². The zero-order valence-corrected chi connectivity index (χ0v) is 12.3. The monoisotopic (exact) mass is 273 g/mol. The van der Waals surface area contributed by atoms with Crippen molar-refractivity contribution in [2.24, 2.45) is 0 Å². The van der Waals surface area contributed by atoms with Gasteiger partial charge in [0, 0.05) is 31.9 Å². The zero-order chi connectivity index (χ0) is 14.1. The number of H-pyrrole nitrogens is 1. The fraction of sp³-hybridized carbons (Fsp3) is 0.533. The number of nitrogens with one attached hydrogen (secondary N) is 1. The Kier molecular flexibility index (Phi) is 3.53. The summed E-state index contributed by atoms with van der Waals surface area (Å²) in [6, 6.07) is 6.38. The van der Waals surface area contributed by atoms with Crippen molar-refractivity contribution in [1.82, 2.24) is 14.9 Å². The predicted molar refractivity (Wildman–Crippen MR) is 84.0 cm³/mol. The van der Waals surface area contributed by atoms with Gasteiger partial charge in [0.05, 0.1) is 11.0 Å². The zero-order valence-electron chi connectivity index (χ0n) is 12.3. The van der Waals surface area contributed by atoms with Gasteiger partial charge in [-0.05, 0) is 37.6 Å². The summed E-state index contributed by atoms with van der Waals surface area (Å²) in [4.78, 5) is 12.8. The van der Waals surface area contributed by atoms with Crippen LogP contribution in [0.5, 0.6) is 0 Å². The molecule has 0 unspecified atom stereocenters. The molecule has 2 heterocycles. The maximum atomic E-state index is 5.82. The van der Waals surface area contributed by atoms with Crippen LogP contribution < -0.4 is 10.6 Å². The lowest BCUT2D eigenvalue weighted by atomic mass is 10.0. The number of nitrogens with two attached hydrogens (primary N) is 1.